The van der Waals surface area contributed by atoms with Crippen LogP contribution in [-0.2, 0) is 6.54 Å². The number of halogens is 3. The first-order valence-electron chi connectivity index (χ1n) is 7.42. The van der Waals surface area contributed by atoms with Crippen molar-refractivity contribution in [3.05, 3.63) is 71.4 Å². The monoisotopic (exact) mass is 345 g/mol. The SMILES string of the molecule is Cc1cc(Nc2ccc(F)c(F)c2F)nc(NCc2ccncc2)n1. The third kappa shape index (κ3) is 4.03. The zero-order chi connectivity index (χ0) is 17.8. The fraction of sp³-hybridized carbons (Fsp3) is 0.118. The van der Waals surface area contributed by atoms with E-state index in [-0.39, 0.29) is 11.5 Å². The van der Waals surface area contributed by atoms with Crippen molar-refractivity contribution in [2.45, 2.75) is 13.5 Å². The predicted octanol–water partition coefficient (Wildman–Crippen LogP) is 3.95. The van der Waals surface area contributed by atoms with Crippen LogP contribution in [0.4, 0.5) is 30.6 Å². The lowest BCUT2D eigenvalue weighted by atomic mass is 10.2. The number of nitrogens with one attached hydrogen (secondary N) is 2. The summed E-state index contributed by atoms with van der Waals surface area (Å²) in [4.78, 5) is 12.4. The number of rotatable bonds is 5. The van der Waals surface area contributed by atoms with Gasteiger partial charge in [-0.2, -0.15) is 4.98 Å². The number of aryl methyl sites for hydroxylation is 1. The summed E-state index contributed by atoms with van der Waals surface area (Å²) in [5, 5.41) is 5.68. The van der Waals surface area contributed by atoms with Gasteiger partial charge in [0.15, 0.2) is 17.5 Å². The van der Waals surface area contributed by atoms with E-state index in [1.54, 1.807) is 25.4 Å². The van der Waals surface area contributed by atoms with Gasteiger partial charge in [-0.15, -0.1) is 0 Å². The third-order valence-electron chi connectivity index (χ3n) is 3.35. The summed E-state index contributed by atoms with van der Waals surface area (Å²) < 4.78 is 40.1. The molecule has 3 aromatic rings. The smallest absolute Gasteiger partial charge is 0.225 e. The molecule has 0 fully saturated rings. The first-order valence-corrected chi connectivity index (χ1v) is 7.42. The van der Waals surface area contributed by atoms with E-state index in [0.29, 0.717) is 18.2 Å². The van der Waals surface area contributed by atoms with Crippen LogP contribution in [0.3, 0.4) is 0 Å². The summed E-state index contributed by atoms with van der Waals surface area (Å²) in [7, 11) is 0. The molecule has 3 rings (SSSR count). The van der Waals surface area contributed by atoms with E-state index in [1.165, 1.54) is 0 Å². The Morgan fingerprint density at radius 2 is 1.72 bits per heavy atom. The van der Waals surface area contributed by atoms with Gasteiger partial charge in [0, 0.05) is 30.7 Å². The predicted molar refractivity (Wildman–Crippen MR) is 87.9 cm³/mol. The van der Waals surface area contributed by atoms with Crippen LogP contribution in [0.2, 0.25) is 0 Å². The van der Waals surface area contributed by atoms with Crippen molar-refractivity contribution in [3.8, 4) is 0 Å². The number of aromatic nitrogens is 3. The molecule has 1 aromatic carbocycles. The van der Waals surface area contributed by atoms with Crippen LogP contribution in [0.25, 0.3) is 0 Å². The number of anilines is 3. The molecule has 0 amide bonds. The minimum Gasteiger partial charge on any atom is -0.350 e. The summed E-state index contributed by atoms with van der Waals surface area (Å²) in [5.41, 5.74) is 1.40. The van der Waals surface area contributed by atoms with E-state index >= 15 is 0 Å². The fourth-order valence-corrected chi connectivity index (χ4v) is 2.15. The minimum atomic E-state index is -1.54. The molecule has 2 N–H and O–H groups in total. The zero-order valence-corrected chi connectivity index (χ0v) is 13.2. The average Bonchev–Trinajstić information content (AvgIpc) is 2.61. The Kier molecular flexibility index (Phi) is 4.78. The molecule has 8 heteroatoms. The Morgan fingerprint density at radius 1 is 0.960 bits per heavy atom. The van der Waals surface area contributed by atoms with E-state index in [1.807, 2.05) is 12.1 Å². The molecule has 0 saturated carbocycles. The number of benzene rings is 1. The quantitative estimate of drug-likeness (QED) is 0.686. The number of nitrogens with zero attached hydrogens (tertiary/aromatic N) is 3. The average molecular weight is 345 g/mol. The van der Waals surface area contributed by atoms with Gasteiger partial charge in [-0.05, 0) is 36.8 Å². The third-order valence-corrected chi connectivity index (χ3v) is 3.35. The van der Waals surface area contributed by atoms with E-state index in [9.17, 15) is 13.2 Å². The molecule has 2 heterocycles. The summed E-state index contributed by atoms with van der Waals surface area (Å²) in [6, 6.07) is 7.21. The molecule has 0 saturated heterocycles. The molecule has 0 bridgehead atoms. The highest BCUT2D eigenvalue weighted by molar-refractivity contribution is 5.58. The minimum absolute atomic E-state index is 0.211. The van der Waals surface area contributed by atoms with E-state index in [4.69, 9.17) is 0 Å². The van der Waals surface area contributed by atoms with Gasteiger partial charge in [-0.3, -0.25) is 4.98 Å². The Labute approximate surface area is 142 Å². The number of hydrogen-bond donors (Lipinski definition) is 2. The van der Waals surface area contributed by atoms with Gasteiger partial charge in [-0.25, -0.2) is 18.2 Å². The molecule has 5 nitrogen and oxygen atoms in total. The molecule has 0 atom stereocenters. The van der Waals surface area contributed by atoms with Gasteiger partial charge in [0.1, 0.15) is 5.82 Å². The standard InChI is InChI=1S/C17H14F3N5/c1-10-8-14(24-13-3-2-12(18)15(19)16(13)20)25-17(23-10)22-9-11-4-6-21-7-5-11/h2-8H,9H2,1H3,(H2,22,23,24,25). The maximum absolute atomic E-state index is 13.8. The van der Waals surface area contributed by atoms with Crippen molar-refractivity contribution in [2.24, 2.45) is 0 Å². The summed E-state index contributed by atoms with van der Waals surface area (Å²) >= 11 is 0. The van der Waals surface area contributed by atoms with E-state index < -0.39 is 17.5 Å². The Bertz CT molecular complexity index is 887. The number of hydrogen-bond acceptors (Lipinski definition) is 5. The second-order valence-electron chi connectivity index (χ2n) is 5.28. The molecule has 128 valence electrons. The van der Waals surface area contributed by atoms with Crippen molar-refractivity contribution >= 4 is 17.5 Å². The summed E-state index contributed by atoms with van der Waals surface area (Å²) in [5.74, 6) is -3.51. The molecule has 0 aliphatic rings. The lowest BCUT2D eigenvalue weighted by Crippen LogP contribution is -2.07. The van der Waals surface area contributed by atoms with Gasteiger partial charge in [0.25, 0.3) is 0 Å². The van der Waals surface area contributed by atoms with Crippen molar-refractivity contribution in [2.75, 3.05) is 10.6 Å². The highest BCUT2D eigenvalue weighted by atomic mass is 19.2. The van der Waals surface area contributed by atoms with Crippen LogP contribution in [0.1, 0.15) is 11.3 Å². The molecule has 0 radical (unpaired) electrons. The van der Waals surface area contributed by atoms with Crippen molar-refractivity contribution in [1.29, 1.82) is 0 Å². The van der Waals surface area contributed by atoms with Gasteiger partial charge < -0.3 is 10.6 Å². The van der Waals surface area contributed by atoms with Crippen molar-refractivity contribution in [1.82, 2.24) is 15.0 Å². The van der Waals surface area contributed by atoms with Gasteiger partial charge >= 0.3 is 0 Å². The summed E-state index contributed by atoms with van der Waals surface area (Å²) in [6.07, 6.45) is 3.35. The molecular weight excluding hydrogens is 331 g/mol. The fourth-order valence-electron chi connectivity index (χ4n) is 2.15. The van der Waals surface area contributed by atoms with Crippen LogP contribution in [0, 0.1) is 24.4 Å². The highest BCUT2D eigenvalue weighted by Gasteiger charge is 2.14. The molecule has 0 unspecified atom stereocenters. The molecule has 0 spiro atoms. The molecular formula is C17H14F3N5. The Balaban J connectivity index is 1.79. The zero-order valence-electron chi connectivity index (χ0n) is 13.2. The van der Waals surface area contributed by atoms with Gasteiger partial charge in [0.2, 0.25) is 5.95 Å². The second-order valence-corrected chi connectivity index (χ2v) is 5.28. The van der Waals surface area contributed by atoms with Crippen LogP contribution >= 0.6 is 0 Å². The highest BCUT2D eigenvalue weighted by Crippen LogP contribution is 2.23. The molecule has 2 aromatic heterocycles. The maximum Gasteiger partial charge on any atom is 0.225 e. The van der Waals surface area contributed by atoms with Crippen molar-refractivity contribution < 1.29 is 13.2 Å². The second kappa shape index (κ2) is 7.16. The maximum atomic E-state index is 13.8. The molecule has 0 aliphatic heterocycles. The molecule has 25 heavy (non-hydrogen) atoms. The van der Waals surface area contributed by atoms with Crippen LogP contribution < -0.4 is 10.6 Å². The Hall–Kier alpha value is -3.16. The van der Waals surface area contributed by atoms with Gasteiger partial charge in [-0.1, -0.05) is 0 Å². The topological polar surface area (TPSA) is 62.7 Å². The first-order chi connectivity index (χ1) is 12.0. The van der Waals surface area contributed by atoms with Gasteiger partial charge in [0.05, 0.1) is 5.69 Å². The lowest BCUT2D eigenvalue weighted by Gasteiger charge is -2.11. The van der Waals surface area contributed by atoms with Crippen LogP contribution in [-0.4, -0.2) is 15.0 Å². The largest absolute Gasteiger partial charge is 0.350 e. The normalized spacial score (nSPS) is 10.6. The van der Waals surface area contributed by atoms with Crippen molar-refractivity contribution in [3.63, 3.8) is 0 Å². The Morgan fingerprint density at radius 3 is 2.48 bits per heavy atom. The van der Waals surface area contributed by atoms with E-state index in [2.05, 4.69) is 25.6 Å². The molecule has 0 aliphatic carbocycles. The number of pyridine rings is 1. The van der Waals surface area contributed by atoms with Crippen LogP contribution in [0.15, 0.2) is 42.7 Å². The lowest BCUT2D eigenvalue weighted by molar-refractivity contribution is 0.449. The first kappa shape index (κ1) is 16.7. The summed E-state index contributed by atoms with van der Waals surface area (Å²) in [6.45, 7) is 2.22. The van der Waals surface area contributed by atoms with E-state index in [0.717, 1.165) is 17.7 Å². The van der Waals surface area contributed by atoms with Crippen LogP contribution in [0.5, 0.6) is 0 Å².